The number of thioether (sulfide) groups is 1. The maximum atomic E-state index is 13.5. The highest BCUT2D eigenvalue weighted by molar-refractivity contribution is 7.99. The van der Waals surface area contributed by atoms with Gasteiger partial charge in [-0.1, -0.05) is 72.4 Å². The number of nitrogens with one attached hydrogen (secondary N) is 1. The molecule has 1 amide bonds. The summed E-state index contributed by atoms with van der Waals surface area (Å²) in [5.41, 5.74) is 2.14. The maximum absolute atomic E-state index is 13.5. The van der Waals surface area contributed by atoms with Crippen molar-refractivity contribution in [3.63, 3.8) is 0 Å². The predicted molar refractivity (Wildman–Crippen MR) is 137 cm³/mol. The maximum Gasteiger partial charge on any atom is 0.262 e. The number of ketones is 1. The van der Waals surface area contributed by atoms with Crippen LogP contribution < -0.4 is 10.9 Å². The minimum Gasteiger partial charge on any atom is -0.383 e. The highest BCUT2D eigenvalue weighted by atomic mass is 32.2. The van der Waals surface area contributed by atoms with Gasteiger partial charge in [0.1, 0.15) is 0 Å². The number of rotatable bonds is 10. The van der Waals surface area contributed by atoms with Crippen LogP contribution in [0.4, 0.5) is 0 Å². The van der Waals surface area contributed by atoms with E-state index in [0.717, 1.165) is 5.56 Å². The number of ether oxygens (including phenoxy) is 1. The third kappa shape index (κ3) is 6.03. The Hall–Kier alpha value is -3.75. The van der Waals surface area contributed by atoms with E-state index in [-0.39, 0.29) is 23.0 Å². The number of amides is 1. The van der Waals surface area contributed by atoms with Crippen molar-refractivity contribution in [2.75, 3.05) is 26.0 Å². The molecule has 35 heavy (non-hydrogen) atoms. The van der Waals surface area contributed by atoms with Gasteiger partial charge in [-0.2, -0.15) is 0 Å². The molecule has 0 spiro atoms. The van der Waals surface area contributed by atoms with E-state index in [1.807, 2.05) is 48.5 Å². The van der Waals surface area contributed by atoms with Gasteiger partial charge in [-0.3, -0.25) is 19.0 Å². The Labute approximate surface area is 207 Å². The fourth-order valence-electron chi connectivity index (χ4n) is 3.56. The molecule has 1 N–H and O–H groups in total. The number of methoxy groups -OCH3 is 1. The highest BCUT2D eigenvalue weighted by Gasteiger charge is 2.16. The normalized spacial score (nSPS) is 10.9. The smallest absolute Gasteiger partial charge is 0.262 e. The van der Waals surface area contributed by atoms with Crippen LogP contribution in [-0.4, -0.2) is 47.3 Å². The van der Waals surface area contributed by atoms with Crippen LogP contribution in [0.25, 0.3) is 10.9 Å². The molecule has 0 saturated carbocycles. The van der Waals surface area contributed by atoms with Crippen LogP contribution in [0, 0.1) is 0 Å². The number of carbonyl (C=O) groups excluding carboxylic acids is 2. The van der Waals surface area contributed by atoms with Crippen molar-refractivity contribution in [1.29, 1.82) is 0 Å². The molecule has 0 unspecified atom stereocenters. The first-order valence-electron chi connectivity index (χ1n) is 11.1. The molecule has 0 fully saturated rings. The van der Waals surface area contributed by atoms with Gasteiger partial charge in [0.2, 0.25) is 0 Å². The molecule has 0 bridgehead atoms. The first kappa shape index (κ1) is 24.4. The van der Waals surface area contributed by atoms with E-state index in [9.17, 15) is 14.4 Å². The number of hydrogen-bond donors (Lipinski definition) is 1. The third-order valence-electron chi connectivity index (χ3n) is 5.39. The largest absolute Gasteiger partial charge is 0.383 e. The van der Waals surface area contributed by atoms with Crippen LogP contribution in [-0.2, 0) is 11.3 Å². The molecular weight excluding hydrogens is 462 g/mol. The number of Topliss-reactive ketones (excluding diaryl/α,β-unsaturated/α-hetero) is 1. The van der Waals surface area contributed by atoms with Crippen molar-refractivity contribution >= 4 is 34.4 Å². The molecule has 0 aliphatic rings. The van der Waals surface area contributed by atoms with E-state index in [1.54, 1.807) is 42.0 Å². The number of benzene rings is 3. The summed E-state index contributed by atoms with van der Waals surface area (Å²) in [6.07, 6.45) is 0. The average Bonchev–Trinajstić information content (AvgIpc) is 2.90. The van der Waals surface area contributed by atoms with E-state index in [4.69, 9.17) is 9.72 Å². The van der Waals surface area contributed by atoms with Crippen molar-refractivity contribution in [3.8, 4) is 0 Å². The zero-order valence-corrected chi connectivity index (χ0v) is 20.1. The highest BCUT2D eigenvalue weighted by Crippen LogP contribution is 2.21. The number of carbonyl (C=O) groups is 2. The van der Waals surface area contributed by atoms with E-state index in [2.05, 4.69) is 5.32 Å². The minimum absolute atomic E-state index is 0.0533. The van der Waals surface area contributed by atoms with Crippen molar-refractivity contribution in [2.24, 2.45) is 0 Å². The zero-order valence-electron chi connectivity index (χ0n) is 19.3. The lowest BCUT2D eigenvalue weighted by Gasteiger charge is -2.14. The molecule has 0 aliphatic heterocycles. The predicted octanol–water partition coefficient (Wildman–Crippen LogP) is 3.80. The average molecular weight is 488 g/mol. The Balaban J connectivity index is 1.69. The molecule has 3 aromatic carbocycles. The van der Waals surface area contributed by atoms with Crippen molar-refractivity contribution < 1.29 is 14.3 Å². The molecule has 0 saturated heterocycles. The van der Waals surface area contributed by atoms with Gasteiger partial charge in [0.05, 0.1) is 29.8 Å². The van der Waals surface area contributed by atoms with Gasteiger partial charge in [-0.05, 0) is 23.8 Å². The van der Waals surface area contributed by atoms with Crippen LogP contribution in [0.3, 0.4) is 0 Å². The second kappa shape index (κ2) is 11.6. The number of aromatic nitrogens is 2. The fourth-order valence-corrected chi connectivity index (χ4v) is 4.46. The van der Waals surface area contributed by atoms with Gasteiger partial charge in [0.15, 0.2) is 10.9 Å². The summed E-state index contributed by atoms with van der Waals surface area (Å²) < 4.78 is 6.55. The van der Waals surface area contributed by atoms with Gasteiger partial charge >= 0.3 is 0 Å². The summed E-state index contributed by atoms with van der Waals surface area (Å²) in [7, 11) is 1.56. The van der Waals surface area contributed by atoms with Crippen molar-refractivity contribution in [2.45, 2.75) is 11.7 Å². The molecule has 0 radical (unpaired) electrons. The molecule has 7 nitrogen and oxygen atoms in total. The molecule has 4 rings (SSSR count). The summed E-state index contributed by atoms with van der Waals surface area (Å²) in [6.45, 7) is 1.10. The summed E-state index contributed by atoms with van der Waals surface area (Å²) in [6, 6.07) is 23.5. The molecule has 0 atom stereocenters. The fraction of sp³-hybridized carbons (Fsp3) is 0.185. The Morgan fingerprint density at radius 1 is 0.971 bits per heavy atom. The number of nitrogens with zero attached hydrogens (tertiary/aromatic N) is 2. The third-order valence-corrected chi connectivity index (χ3v) is 6.36. The molecular formula is C27H25N3O4S. The van der Waals surface area contributed by atoms with Crippen LogP contribution in [0.5, 0.6) is 0 Å². The van der Waals surface area contributed by atoms with Crippen LogP contribution in [0.1, 0.15) is 26.3 Å². The lowest BCUT2D eigenvalue weighted by Crippen LogP contribution is -2.27. The Bertz CT molecular complexity index is 1390. The monoisotopic (exact) mass is 487 g/mol. The molecule has 1 heterocycles. The number of fused-ring (bicyclic) bond motifs is 1. The SMILES string of the molecule is COCCNC(=O)c1ccc2c(=O)n(Cc3ccccc3)c(SCC(=O)c3ccccc3)nc2c1. The molecule has 0 aliphatic carbocycles. The first-order valence-corrected chi connectivity index (χ1v) is 12.1. The summed E-state index contributed by atoms with van der Waals surface area (Å²) in [4.78, 5) is 43.4. The lowest BCUT2D eigenvalue weighted by molar-refractivity contribution is 0.0936. The molecule has 4 aromatic rings. The lowest BCUT2D eigenvalue weighted by atomic mass is 10.1. The minimum atomic E-state index is -0.271. The van der Waals surface area contributed by atoms with Gasteiger partial charge in [-0.15, -0.1) is 0 Å². The van der Waals surface area contributed by atoms with E-state index >= 15 is 0 Å². The van der Waals surface area contributed by atoms with Crippen LogP contribution >= 0.6 is 11.8 Å². The molecule has 8 heteroatoms. The van der Waals surface area contributed by atoms with Gasteiger partial charge in [0, 0.05) is 24.8 Å². The summed E-state index contributed by atoms with van der Waals surface area (Å²) >= 11 is 1.21. The van der Waals surface area contributed by atoms with Crippen LogP contribution in [0.2, 0.25) is 0 Å². The zero-order chi connectivity index (χ0) is 24.6. The van der Waals surface area contributed by atoms with Crippen molar-refractivity contribution in [3.05, 3.63) is 106 Å². The second-order valence-electron chi connectivity index (χ2n) is 7.83. The van der Waals surface area contributed by atoms with Crippen molar-refractivity contribution in [1.82, 2.24) is 14.9 Å². The van der Waals surface area contributed by atoms with Gasteiger partial charge < -0.3 is 10.1 Å². The summed E-state index contributed by atoms with van der Waals surface area (Å²) in [5, 5.41) is 3.61. The topological polar surface area (TPSA) is 90.3 Å². The second-order valence-corrected chi connectivity index (χ2v) is 8.77. The molecule has 1 aromatic heterocycles. The van der Waals surface area contributed by atoms with E-state index in [0.29, 0.717) is 46.9 Å². The van der Waals surface area contributed by atoms with Gasteiger partial charge in [0.25, 0.3) is 11.5 Å². The van der Waals surface area contributed by atoms with E-state index < -0.39 is 0 Å². The quantitative estimate of drug-likeness (QED) is 0.158. The Kier molecular flexibility index (Phi) is 8.07. The Morgan fingerprint density at radius 2 is 1.69 bits per heavy atom. The molecule has 178 valence electrons. The first-order chi connectivity index (χ1) is 17.1. The standard InChI is InChI=1S/C27H25N3O4S/c1-34-15-14-28-25(32)21-12-13-22-23(16-21)29-27(35-18-24(31)20-10-6-3-7-11-20)30(26(22)33)17-19-8-4-2-5-9-19/h2-13,16H,14-15,17-18H2,1H3,(H,28,32). The van der Waals surface area contributed by atoms with Gasteiger partial charge in [-0.25, -0.2) is 4.98 Å². The Morgan fingerprint density at radius 3 is 2.40 bits per heavy atom. The van der Waals surface area contributed by atoms with Crippen LogP contribution in [0.15, 0.2) is 88.8 Å². The van der Waals surface area contributed by atoms with E-state index in [1.165, 1.54) is 11.8 Å². The summed E-state index contributed by atoms with van der Waals surface area (Å²) in [5.74, 6) is -0.191. The number of hydrogen-bond acceptors (Lipinski definition) is 6.